The van der Waals surface area contributed by atoms with Gasteiger partial charge in [-0.05, 0) is 11.6 Å². The summed E-state index contributed by atoms with van der Waals surface area (Å²) in [6.45, 7) is 0.355. The van der Waals surface area contributed by atoms with Crippen molar-refractivity contribution in [3.05, 3.63) is 45.7 Å². The summed E-state index contributed by atoms with van der Waals surface area (Å²) < 4.78 is 0.692. The first-order valence-electron chi connectivity index (χ1n) is 4.01. The van der Waals surface area contributed by atoms with Gasteiger partial charge in [0.1, 0.15) is 0 Å². The lowest BCUT2D eigenvalue weighted by molar-refractivity contribution is -0.605. The minimum Gasteiger partial charge on any atom is -0.619 e. The van der Waals surface area contributed by atoms with Gasteiger partial charge >= 0.3 is 0 Å². The fourth-order valence-corrected chi connectivity index (χ4v) is 0.844. The molecule has 0 radical (unpaired) electrons. The molecule has 14 heavy (non-hydrogen) atoms. The molecule has 0 spiro atoms. The van der Waals surface area contributed by atoms with Crippen LogP contribution in [0.4, 0.5) is 0 Å². The van der Waals surface area contributed by atoms with E-state index in [1.807, 2.05) is 0 Å². The number of hydrogen-bond donors (Lipinski definition) is 0. The van der Waals surface area contributed by atoms with E-state index in [9.17, 15) is 5.21 Å². The van der Waals surface area contributed by atoms with Crippen molar-refractivity contribution in [3.63, 3.8) is 0 Å². The predicted octanol–water partition coefficient (Wildman–Crippen LogP) is 1.37. The van der Waals surface area contributed by atoms with Crippen LogP contribution < -0.4 is 4.73 Å². The highest BCUT2D eigenvalue weighted by Crippen LogP contribution is 1.90. The van der Waals surface area contributed by atoms with E-state index in [4.69, 9.17) is 5.53 Å². The zero-order valence-electron chi connectivity index (χ0n) is 7.42. The highest BCUT2D eigenvalue weighted by molar-refractivity contribution is 5.29. The normalized spacial score (nSPS) is 8.29. The van der Waals surface area contributed by atoms with E-state index in [2.05, 4.69) is 21.9 Å². The third-order valence-electron chi connectivity index (χ3n) is 1.41. The average molecular weight is 188 g/mol. The summed E-state index contributed by atoms with van der Waals surface area (Å²) in [5.74, 6) is 5.59. The summed E-state index contributed by atoms with van der Waals surface area (Å²) in [5.41, 5.74) is 8.64. The molecule has 0 N–H and O–H groups in total. The second kappa shape index (κ2) is 5.46. The Morgan fingerprint density at radius 3 is 3.21 bits per heavy atom. The predicted molar refractivity (Wildman–Crippen MR) is 50.9 cm³/mol. The van der Waals surface area contributed by atoms with Crippen LogP contribution in [0.5, 0.6) is 0 Å². The largest absolute Gasteiger partial charge is 0.619 e. The lowest BCUT2D eigenvalue weighted by atomic mass is 10.3. The molecule has 70 valence electrons. The Balaban J connectivity index is 2.54. The molecule has 0 fully saturated rings. The van der Waals surface area contributed by atoms with Gasteiger partial charge in [0, 0.05) is 23.9 Å². The van der Waals surface area contributed by atoms with Crippen LogP contribution >= 0.6 is 0 Å². The second-order valence-electron chi connectivity index (χ2n) is 2.46. The Labute approximate surface area is 81.2 Å². The average Bonchev–Trinajstić information content (AvgIpc) is 2.18. The third-order valence-corrected chi connectivity index (χ3v) is 1.41. The molecule has 0 aliphatic rings. The molecule has 5 nitrogen and oxygen atoms in total. The number of nitrogens with zero attached hydrogens (tertiary/aromatic N) is 4. The fraction of sp³-hybridized carbons (Fsp3) is 0.222. The van der Waals surface area contributed by atoms with Gasteiger partial charge in [-0.3, -0.25) is 0 Å². The number of pyridine rings is 1. The lowest BCUT2D eigenvalue weighted by Gasteiger charge is -1.92. The van der Waals surface area contributed by atoms with Crippen LogP contribution in [0.25, 0.3) is 10.4 Å². The highest BCUT2D eigenvalue weighted by Gasteiger charge is 1.90. The molecule has 0 atom stereocenters. The lowest BCUT2D eigenvalue weighted by Crippen LogP contribution is -2.24. The van der Waals surface area contributed by atoms with Gasteiger partial charge in [0.25, 0.3) is 0 Å². The number of rotatable bonds is 2. The summed E-state index contributed by atoms with van der Waals surface area (Å²) >= 11 is 0. The Kier molecular flexibility index (Phi) is 3.86. The first-order valence-corrected chi connectivity index (χ1v) is 4.01. The van der Waals surface area contributed by atoms with Crippen molar-refractivity contribution >= 4 is 0 Å². The number of azide groups is 1. The zero-order chi connectivity index (χ0) is 10.2. The molecular weight excluding hydrogens is 180 g/mol. The Morgan fingerprint density at radius 1 is 1.64 bits per heavy atom. The van der Waals surface area contributed by atoms with Crippen LogP contribution in [0, 0.1) is 17.0 Å². The summed E-state index contributed by atoms with van der Waals surface area (Å²) in [7, 11) is 0. The van der Waals surface area contributed by atoms with Crippen LogP contribution in [0.3, 0.4) is 0 Å². The molecule has 1 aromatic heterocycles. The molecule has 0 amide bonds. The molecule has 0 saturated carbocycles. The molecule has 0 bridgehead atoms. The van der Waals surface area contributed by atoms with Crippen LogP contribution in [-0.4, -0.2) is 6.54 Å². The number of hydrogen-bond acceptors (Lipinski definition) is 2. The first kappa shape index (κ1) is 9.90. The summed E-state index contributed by atoms with van der Waals surface area (Å²) in [5, 5.41) is 14.1. The highest BCUT2D eigenvalue weighted by atomic mass is 16.5. The standard InChI is InChI=1S/C9H8N4O/c10-12-11-6-2-1-4-9-5-3-7-13(14)8-9/h3,5,7-8H,2,6H2. The van der Waals surface area contributed by atoms with Gasteiger partial charge in [-0.15, -0.1) is 0 Å². The zero-order valence-corrected chi connectivity index (χ0v) is 7.42. The van der Waals surface area contributed by atoms with E-state index in [0.29, 0.717) is 23.3 Å². The van der Waals surface area contributed by atoms with E-state index in [1.165, 1.54) is 12.4 Å². The van der Waals surface area contributed by atoms with Crippen molar-refractivity contribution in [1.29, 1.82) is 0 Å². The van der Waals surface area contributed by atoms with Gasteiger partial charge in [-0.1, -0.05) is 17.0 Å². The molecule has 0 aliphatic carbocycles. The maximum absolute atomic E-state index is 10.8. The van der Waals surface area contributed by atoms with Crippen molar-refractivity contribution < 1.29 is 4.73 Å². The summed E-state index contributed by atoms with van der Waals surface area (Å²) in [6, 6.07) is 3.37. The molecule has 5 heteroatoms. The Morgan fingerprint density at radius 2 is 2.50 bits per heavy atom. The fourth-order valence-electron chi connectivity index (χ4n) is 0.844. The van der Waals surface area contributed by atoms with E-state index in [-0.39, 0.29) is 0 Å². The maximum Gasteiger partial charge on any atom is 0.195 e. The van der Waals surface area contributed by atoms with Crippen LogP contribution in [0.15, 0.2) is 29.6 Å². The van der Waals surface area contributed by atoms with E-state index in [0.717, 1.165) is 0 Å². The molecule has 0 aliphatic heterocycles. The van der Waals surface area contributed by atoms with Crippen LogP contribution in [0.2, 0.25) is 0 Å². The molecule has 0 unspecified atom stereocenters. The third kappa shape index (κ3) is 3.48. The van der Waals surface area contributed by atoms with Crippen molar-refractivity contribution in [2.45, 2.75) is 6.42 Å². The molecular formula is C9H8N4O. The molecule has 0 aromatic carbocycles. The smallest absolute Gasteiger partial charge is 0.195 e. The monoisotopic (exact) mass is 188 g/mol. The van der Waals surface area contributed by atoms with Crippen LogP contribution in [-0.2, 0) is 0 Å². The van der Waals surface area contributed by atoms with Crippen molar-refractivity contribution in [3.8, 4) is 11.8 Å². The quantitative estimate of drug-likeness (QED) is 0.131. The van der Waals surface area contributed by atoms with Gasteiger partial charge < -0.3 is 5.21 Å². The molecule has 1 rings (SSSR count). The van der Waals surface area contributed by atoms with E-state index < -0.39 is 0 Å². The van der Waals surface area contributed by atoms with Crippen LogP contribution in [0.1, 0.15) is 12.0 Å². The van der Waals surface area contributed by atoms with E-state index in [1.54, 1.807) is 12.1 Å². The summed E-state index contributed by atoms with van der Waals surface area (Å²) in [4.78, 5) is 2.60. The van der Waals surface area contributed by atoms with Crippen molar-refractivity contribution in [2.75, 3.05) is 6.54 Å². The van der Waals surface area contributed by atoms with Crippen molar-refractivity contribution in [1.82, 2.24) is 0 Å². The topological polar surface area (TPSA) is 75.7 Å². The molecule has 0 saturated heterocycles. The molecule has 1 heterocycles. The van der Waals surface area contributed by atoms with Gasteiger partial charge in [-0.2, -0.15) is 4.73 Å². The SMILES string of the molecule is [N-]=[N+]=NCCC#Cc1ccc[n+]([O-])c1. The first-order chi connectivity index (χ1) is 6.83. The second-order valence-corrected chi connectivity index (χ2v) is 2.46. The minimum absolute atomic E-state index is 0.355. The Bertz CT molecular complexity index is 412. The van der Waals surface area contributed by atoms with Gasteiger partial charge in [0.05, 0.1) is 5.56 Å². The van der Waals surface area contributed by atoms with E-state index >= 15 is 0 Å². The van der Waals surface area contributed by atoms with Gasteiger partial charge in [0.15, 0.2) is 12.4 Å². The number of aromatic nitrogens is 1. The van der Waals surface area contributed by atoms with Gasteiger partial charge in [-0.25, -0.2) is 0 Å². The molecule has 1 aromatic rings. The van der Waals surface area contributed by atoms with Gasteiger partial charge in [0.2, 0.25) is 0 Å². The minimum atomic E-state index is 0.355. The van der Waals surface area contributed by atoms with Crippen molar-refractivity contribution in [2.24, 2.45) is 5.11 Å². The Hall–Kier alpha value is -2.18. The summed E-state index contributed by atoms with van der Waals surface area (Å²) in [6.07, 6.45) is 3.28. The maximum atomic E-state index is 10.8.